The van der Waals surface area contributed by atoms with Crippen LogP contribution < -0.4 is 10.2 Å². The molecule has 1 aromatic rings. The molecule has 0 bridgehead atoms. The summed E-state index contributed by atoms with van der Waals surface area (Å²) in [5.74, 6) is -3.17. The highest BCUT2D eigenvalue weighted by Gasteiger charge is 2.47. The van der Waals surface area contributed by atoms with Gasteiger partial charge in [-0.15, -0.1) is 0 Å². The van der Waals surface area contributed by atoms with Crippen LogP contribution in [0, 0.1) is 11.7 Å². The third kappa shape index (κ3) is 3.08. The van der Waals surface area contributed by atoms with Gasteiger partial charge in [-0.1, -0.05) is 0 Å². The van der Waals surface area contributed by atoms with Crippen molar-refractivity contribution in [2.24, 2.45) is 5.92 Å². The van der Waals surface area contributed by atoms with Gasteiger partial charge in [-0.05, 0) is 18.6 Å². The first-order valence-corrected chi connectivity index (χ1v) is 9.21. The first-order valence-electron chi connectivity index (χ1n) is 9.21. The summed E-state index contributed by atoms with van der Waals surface area (Å²) in [5.41, 5.74) is 0.300. The number of carbonyl (C=O) groups is 4. The normalized spacial score (nSPS) is 22.3. The van der Waals surface area contributed by atoms with Gasteiger partial charge in [0.1, 0.15) is 11.9 Å². The van der Waals surface area contributed by atoms with Crippen LogP contribution in [-0.2, 0) is 19.1 Å². The lowest BCUT2D eigenvalue weighted by Crippen LogP contribution is -2.54. The lowest BCUT2D eigenvalue weighted by molar-refractivity contribution is -0.142. The van der Waals surface area contributed by atoms with E-state index in [1.165, 1.54) is 20.3 Å². The summed E-state index contributed by atoms with van der Waals surface area (Å²) in [4.78, 5) is 52.1. The van der Waals surface area contributed by atoms with Crippen LogP contribution in [0.5, 0.6) is 0 Å². The largest absolute Gasteiger partial charge is 0.370 e. The van der Waals surface area contributed by atoms with E-state index in [-0.39, 0.29) is 29.9 Å². The van der Waals surface area contributed by atoms with Gasteiger partial charge in [0.25, 0.3) is 11.8 Å². The van der Waals surface area contributed by atoms with Crippen molar-refractivity contribution in [3.63, 3.8) is 0 Å². The summed E-state index contributed by atoms with van der Waals surface area (Å²) in [6.45, 7) is 0.921. The fourth-order valence-corrected chi connectivity index (χ4v) is 4.15. The second kappa shape index (κ2) is 7.20. The minimum Gasteiger partial charge on any atom is -0.370 e. The van der Waals surface area contributed by atoms with Gasteiger partial charge in [-0.3, -0.25) is 29.4 Å². The Balaban J connectivity index is 1.63. The molecule has 9 nitrogen and oxygen atoms in total. The number of carbonyl (C=O) groups excluding carboxylic acids is 4. The molecule has 1 unspecified atom stereocenters. The number of hydrogen-bond acceptors (Lipinski definition) is 7. The van der Waals surface area contributed by atoms with Gasteiger partial charge in [0.15, 0.2) is 6.29 Å². The first kappa shape index (κ1) is 19.5. The highest BCUT2D eigenvalue weighted by Crippen LogP contribution is 2.38. The Labute approximate surface area is 165 Å². The van der Waals surface area contributed by atoms with Gasteiger partial charge < -0.3 is 14.4 Å². The second-order valence-corrected chi connectivity index (χ2v) is 7.30. The molecule has 3 aliphatic heterocycles. The maximum atomic E-state index is 14.2. The summed E-state index contributed by atoms with van der Waals surface area (Å²) in [5, 5.41) is 2.14. The molecule has 2 fully saturated rings. The van der Waals surface area contributed by atoms with E-state index >= 15 is 0 Å². The first-order chi connectivity index (χ1) is 13.8. The number of hydrogen-bond donors (Lipinski definition) is 1. The van der Waals surface area contributed by atoms with Crippen molar-refractivity contribution in [2.45, 2.75) is 25.2 Å². The topological polar surface area (TPSA) is 105 Å². The van der Waals surface area contributed by atoms with Gasteiger partial charge in [-0.2, -0.15) is 0 Å². The summed E-state index contributed by atoms with van der Waals surface area (Å²) < 4.78 is 24.7. The zero-order valence-electron chi connectivity index (χ0n) is 15.9. The van der Waals surface area contributed by atoms with Gasteiger partial charge in [0.05, 0.1) is 16.8 Å². The summed E-state index contributed by atoms with van der Waals surface area (Å²) in [6, 6.07) is 1.13. The molecule has 4 amide bonds. The second-order valence-electron chi connectivity index (χ2n) is 7.30. The molecule has 4 rings (SSSR count). The van der Waals surface area contributed by atoms with E-state index in [0.29, 0.717) is 18.8 Å². The number of imide groups is 2. The number of methoxy groups -OCH3 is 2. The van der Waals surface area contributed by atoms with Crippen molar-refractivity contribution >= 4 is 29.3 Å². The van der Waals surface area contributed by atoms with Crippen molar-refractivity contribution in [1.29, 1.82) is 0 Å². The smallest absolute Gasteiger partial charge is 0.264 e. The molecular weight excluding hydrogens is 385 g/mol. The van der Waals surface area contributed by atoms with Crippen LogP contribution in [-0.4, -0.2) is 68.2 Å². The van der Waals surface area contributed by atoms with E-state index in [1.54, 1.807) is 4.90 Å². The SMILES string of the molecule is COC(OC)C1CN(c2cc(F)cc3c2C(=O)N(C2CCC(=O)NC2=O)C3=O)C1. The maximum absolute atomic E-state index is 14.2. The third-order valence-electron chi connectivity index (χ3n) is 5.59. The van der Waals surface area contributed by atoms with Crippen LogP contribution in [0.2, 0.25) is 0 Å². The van der Waals surface area contributed by atoms with Crippen LogP contribution >= 0.6 is 0 Å². The lowest BCUT2D eigenvalue weighted by Gasteiger charge is -2.44. The standard InChI is InChI=1S/C19H20FN3O6/c1-28-19(29-2)9-7-22(8-9)13-6-10(20)5-11-15(13)18(27)23(17(11)26)12-3-4-14(24)21-16(12)25/h5-6,9,12,19H,3-4,7-8H2,1-2H3,(H,21,24,25). The molecule has 1 atom stereocenters. The summed E-state index contributed by atoms with van der Waals surface area (Å²) >= 11 is 0. The predicted molar refractivity (Wildman–Crippen MR) is 96.6 cm³/mol. The monoisotopic (exact) mass is 405 g/mol. The molecular formula is C19H20FN3O6. The van der Waals surface area contributed by atoms with E-state index in [4.69, 9.17) is 9.47 Å². The number of nitrogens with zero attached hydrogens (tertiary/aromatic N) is 2. The molecule has 0 aliphatic carbocycles. The molecule has 1 aromatic carbocycles. The fourth-order valence-electron chi connectivity index (χ4n) is 4.15. The van der Waals surface area contributed by atoms with Gasteiger partial charge in [0, 0.05) is 39.6 Å². The molecule has 0 saturated carbocycles. The molecule has 154 valence electrons. The Hall–Kier alpha value is -2.85. The van der Waals surface area contributed by atoms with Crippen LogP contribution in [0.25, 0.3) is 0 Å². The number of piperidine rings is 1. The van der Waals surface area contributed by atoms with Crippen molar-refractivity contribution in [3.8, 4) is 0 Å². The molecule has 0 aromatic heterocycles. The average molecular weight is 405 g/mol. The predicted octanol–water partition coefficient (Wildman–Crippen LogP) is 0.282. The minimum absolute atomic E-state index is 0.0221. The summed E-state index contributed by atoms with van der Waals surface area (Å²) in [6.07, 6.45) is -0.359. The van der Waals surface area contributed by atoms with E-state index in [2.05, 4.69) is 5.32 Å². The average Bonchev–Trinajstić information content (AvgIpc) is 2.88. The molecule has 29 heavy (non-hydrogen) atoms. The highest BCUT2D eigenvalue weighted by molar-refractivity contribution is 6.25. The fraction of sp³-hybridized carbons (Fsp3) is 0.474. The number of halogens is 1. The maximum Gasteiger partial charge on any atom is 0.264 e. The number of rotatable bonds is 5. The van der Waals surface area contributed by atoms with Crippen molar-refractivity contribution in [2.75, 3.05) is 32.2 Å². The van der Waals surface area contributed by atoms with Crippen LogP contribution in [0.1, 0.15) is 33.6 Å². The molecule has 10 heteroatoms. The van der Waals surface area contributed by atoms with Crippen LogP contribution in [0.4, 0.5) is 10.1 Å². The number of anilines is 1. The molecule has 3 heterocycles. The highest BCUT2D eigenvalue weighted by atomic mass is 19.1. The summed E-state index contributed by atoms with van der Waals surface area (Å²) in [7, 11) is 3.05. The van der Waals surface area contributed by atoms with Crippen LogP contribution in [0.15, 0.2) is 12.1 Å². The number of benzene rings is 1. The van der Waals surface area contributed by atoms with E-state index in [0.717, 1.165) is 11.0 Å². The third-order valence-corrected chi connectivity index (χ3v) is 5.59. The van der Waals surface area contributed by atoms with E-state index in [9.17, 15) is 23.6 Å². The lowest BCUT2D eigenvalue weighted by atomic mass is 9.96. The molecule has 0 spiro atoms. The minimum atomic E-state index is -1.09. The Bertz CT molecular complexity index is 909. The van der Waals surface area contributed by atoms with Gasteiger partial charge >= 0.3 is 0 Å². The van der Waals surface area contributed by atoms with Gasteiger partial charge in [0.2, 0.25) is 11.8 Å². The zero-order chi connectivity index (χ0) is 20.9. The Morgan fingerprint density at radius 2 is 1.79 bits per heavy atom. The Morgan fingerprint density at radius 1 is 1.10 bits per heavy atom. The molecule has 0 radical (unpaired) electrons. The van der Waals surface area contributed by atoms with Crippen molar-refractivity contribution in [3.05, 3.63) is 29.1 Å². The Kier molecular flexibility index (Phi) is 4.83. The zero-order valence-corrected chi connectivity index (χ0v) is 15.9. The number of nitrogens with one attached hydrogen (secondary N) is 1. The van der Waals surface area contributed by atoms with Crippen molar-refractivity contribution < 1.29 is 33.0 Å². The van der Waals surface area contributed by atoms with E-state index < -0.39 is 41.8 Å². The number of ether oxygens (including phenoxy) is 2. The van der Waals surface area contributed by atoms with Crippen molar-refractivity contribution in [1.82, 2.24) is 10.2 Å². The molecule has 3 aliphatic rings. The molecule has 2 saturated heterocycles. The molecule has 1 N–H and O–H groups in total. The van der Waals surface area contributed by atoms with Crippen LogP contribution in [0.3, 0.4) is 0 Å². The Morgan fingerprint density at radius 3 is 2.41 bits per heavy atom. The quantitative estimate of drug-likeness (QED) is 0.554. The van der Waals surface area contributed by atoms with Gasteiger partial charge in [-0.25, -0.2) is 4.39 Å². The van der Waals surface area contributed by atoms with E-state index in [1.807, 2.05) is 0 Å². The number of fused-ring (bicyclic) bond motifs is 1. The number of amides is 4.